The minimum Gasteiger partial charge on any atom is -0.378 e. The molecule has 41 heavy (non-hydrogen) atoms. The summed E-state index contributed by atoms with van der Waals surface area (Å²) in [5.41, 5.74) is 0.301. The third kappa shape index (κ3) is 4.91. The van der Waals surface area contributed by atoms with Crippen molar-refractivity contribution in [2.45, 2.75) is 11.3 Å². The zero-order valence-corrected chi connectivity index (χ0v) is 23.6. The van der Waals surface area contributed by atoms with Crippen LogP contribution in [0.1, 0.15) is 38.3 Å². The summed E-state index contributed by atoms with van der Waals surface area (Å²) in [5, 5.41) is 29.7. The lowest BCUT2D eigenvalue weighted by atomic mass is 9.99. The molecule has 2 heterocycles. The average molecular weight is 604 g/mol. The number of amides is 1. The van der Waals surface area contributed by atoms with Crippen molar-refractivity contribution in [2.75, 3.05) is 26.3 Å². The molecule has 9 nitrogen and oxygen atoms in total. The molecular formula is C29H19Cl2N5O4S. The first-order valence-corrected chi connectivity index (χ1v) is 14.5. The summed E-state index contributed by atoms with van der Waals surface area (Å²) < 4.78 is 34.4. The van der Waals surface area contributed by atoms with Crippen molar-refractivity contribution in [1.82, 2.24) is 8.87 Å². The smallest absolute Gasteiger partial charge is 0.268 e. The predicted molar refractivity (Wildman–Crippen MR) is 151 cm³/mol. The molecule has 3 aromatic carbocycles. The second kappa shape index (κ2) is 11.2. The summed E-state index contributed by atoms with van der Waals surface area (Å²) in [6.45, 7) is 1.60. The van der Waals surface area contributed by atoms with E-state index in [0.717, 1.165) is 3.97 Å². The van der Waals surface area contributed by atoms with Gasteiger partial charge in [-0.3, -0.25) is 4.79 Å². The molecule has 4 aromatic rings. The molecular weight excluding hydrogens is 585 g/mol. The zero-order valence-electron chi connectivity index (χ0n) is 21.3. The monoisotopic (exact) mass is 603 g/mol. The number of nitriles is 3. The maximum absolute atomic E-state index is 14.0. The molecule has 0 radical (unpaired) electrons. The van der Waals surface area contributed by atoms with E-state index < -0.39 is 10.0 Å². The summed E-state index contributed by atoms with van der Waals surface area (Å²) in [6.07, 6.45) is -0.142. The molecule has 1 aliphatic rings. The number of hydrogen-bond donors (Lipinski definition) is 0. The summed E-state index contributed by atoms with van der Waals surface area (Å²) >= 11 is 13.3. The minimum atomic E-state index is -4.27. The normalized spacial score (nSPS) is 13.4. The number of nitrogens with zero attached hydrogens (tertiary/aromatic N) is 5. The third-order valence-corrected chi connectivity index (χ3v) is 9.40. The first-order chi connectivity index (χ1) is 19.7. The van der Waals surface area contributed by atoms with Gasteiger partial charge in [-0.05, 0) is 42.0 Å². The lowest BCUT2D eigenvalue weighted by Gasteiger charge is -2.27. The Kier molecular flexibility index (Phi) is 7.73. The first-order valence-electron chi connectivity index (χ1n) is 12.3. The van der Waals surface area contributed by atoms with Gasteiger partial charge in [0, 0.05) is 35.6 Å². The number of fused-ring (bicyclic) bond motifs is 1. The number of rotatable bonds is 5. The highest BCUT2D eigenvalue weighted by Gasteiger charge is 2.29. The molecule has 1 amide bonds. The lowest BCUT2D eigenvalue weighted by Crippen LogP contribution is -2.40. The Morgan fingerprint density at radius 2 is 1.61 bits per heavy atom. The van der Waals surface area contributed by atoms with E-state index >= 15 is 0 Å². The van der Waals surface area contributed by atoms with Crippen molar-refractivity contribution in [3.05, 3.63) is 98.2 Å². The second-order valence-corrected chi connectivity index (χ2v) is 11.7. The highest BCUT2D eigenvalue weighted by molar-refractivity contribution is 7.90. The van der Waals surface area contributed by atoms with E-state index in [4.69, 9.17) is 27.9 Å². The molecule has 0 aliphatic carbocycles. The van der Waals surface area contributed by atoms with Crippen LogP contribution in [0.15, 0.2) is 59.5 Å². The minimum absolute atomic E-state index is 0.0337. The van der Waals surface area contributed by atoms with Gasteiger partial charge in [0.2, 0.25) is 0 Å². The van der Waals surface area contributed by atoms with Crippen LogP contribution in [0.3, 0.4) is 0 Å². The summed E-state index contributed by atoms with van der Waals surface area (Å²) in [6, 6.07) is 19.2. The Morgan fingerprint density at radius 3 is 2.24 bits per heavy atom. The number of carbonyl (C=O) groups is 1. The number of hydrogen-bond acceptors (Lipinski definition) is 7. The molecule has 12 heteroatoms. The summed E-state index contributed by atoms with van der Waals surface area (Å²) in [4.78, 5) is 14.8. The molecule has 0 spiro atoms. The van der Waals surface area contributed by atoms with Gasteiger partial charge >= 0.3 is 0 Å². The molecule has 0 bridgehead atoms. The topological polar surface area (TPSA) is 140 Å². The van der Waals surface area contributed by atoms with Crippen LogP contribution in [0.5, 0.6) is 0 Å². The quantitative estimate of drug-likeness (QED) is 0.317. The summed E-state index contributed by atoms with van der Waals surface area (Å²) in [5.74, 6) is -0.308. The zero-order chi connectivity index (χ0) is 29.3. The lowest BCUT2D eigenvalue weighted by molar-refractivity contribution is 0.0303. The highest BCUT2D eigenvalue weighted by Crippen LogP contribution is 2.36. The fourth-order valence-corrected chi connectivity index (χ4v) is 6.98. The van der Waals surface area contributed by atoms with Crippen LogP contribution >= 0.6 is 23.2 Å². The van der Waals surface area contributed by atoms with Crippen molar-refractivity contribution < 1.29 is 17.9 Å². The van der Waals surface area contributed by atoms with Crippen LogP contribution in [-0.2, 0) is 21.2 Å². The Balaban J connectivity index is 1.76. The standard InChI is InChI=1S/C29H19Cl2N5O4S/c30-26-7-6-21(29(37)35-8-10-40-11-9-35)28(31)23(26)14-19-13-22-25(17-34)24(16-33)18(15-32)12-27(22)36(19)41(38,39)20-4-2-1-3-5-20/h1-7,12-13H,8-11,14H2. The number of aromatic nitrogens is 1. The number of ether oxygens (including phenoxy) is 1. The molecule has 1 saturated heterocycles. The van der Waals surface area contributed by atoms with Crippen molar-refractivity contribution in [2.24, 2.45) is 0 Å². The van der Waals surface area contributed by atoms with Gasteiger partial charge in [0.15, 0.2) is 0 Å². The van der Waals surface area contributed by atoms with Gasteiger partial charge < -0.3 is 9.64 Å². The molecule has 0 saturated carbocycles. The average Bonchev–Trinajstić information content (AvgIpc) is 3.37. The number of halogens is 2. The highest BCUT2D eigenvalue weighted by atomic mass is 35.5. The van der Waals surface area contributed by atoms with E-state index in [1.54, 1.807) is 23.1 Å². The van der Waals surface area contributed by atoms with Crippen molar-refractivity contribution in [3.63, 3.8) is 0 Å². The van der Waals surface area contributed by atoms with Crippen LogP contribution in [-0.4, -0.2) is 49.5 Å². The molecule has 204 valence electrons. The van der Waals surface area contributed by atoms with E-state index in [9.17, 15) is 29.0 Å². The second-order valence-electron chi connectivity index (χ2n) is 9.13. The molecule has 0 N–H and O–H groups in total. The van der Waals surface area contributed by atoms with E-state index in [-0.39, 0.29) is 66.1 Å². The Hall–Kier alpha value is -4.37. The maximum Gasteiger partial charge on any atom is 0.268 e. The van der Waals surface area contributed by atoms with Gasteiger partial charge in [-0.2, -0.15) is 15.8 Å². The SMILES string of the molecule is N#Cc1cc2c(cc(Cc3c(Cl)ccc(C(=O)N4CCOCC4)c3Cl)n2S(=O)(=O)c2ccccc2)c(C#N)c1C#N. The van der Waals surface area contributed by atoms with Crippen molar-refractivity contribution in [1.29, 1.82) is 15.8 Å². The molecule has 5 rings (SSSR count). The molecule has 1 aromatic heterocycles. The largest absolute Gasteiger partial charge is 0.378 e. The van der Waals surface area contributed by atoms with Crippen LogP contribution in [0.4, 0.5) is 0 Å². The van der Waals surface area contributed by atoms with Gasteiger partial charge in [0.1, 0.15) is 18.2 Å². The summed E-state index contributed by atoms with van der Waals surface area (Å²) in [7, 11) is -4.27. The fourth-order valence-electron chi connectivity index (χ4n) is 4.85. The van der Waals surface area contributed by atoms with E-state index in [0.29, 0.717) is 31.9 Å². The maximum atomic E-state index is 14.0. The molecule has 1 aliphatic heterocycles. The van der Waals surface area contributed by atoms with Gasteiger partial charge in [0.25, 0.3) is 15.9 Å². The van der Waals surface area contributed by atoms with Gasteiger partial charge in [-0.1, -0.05) is 41.4 Å². The van der Waals surface area contributed by atoms with Gasteiger partial charge in [-0.15, -0.1) is 0 Å². The first kappa shape index (κ1) is 28.2. The third-order valence-electron chi connectivity index (χ3n) is 6.83. The van der Waals surface area contributed by atoms with Crippen molar-refractivity contribution >= 4 is 50.0 Å². The Bertz CT molecular complexity index is 1950. The predicted octanol–water partition coefficient (Wildman–Crippen LogP) is 4.86. The number of morpholine rings is 1. The van der Waals surface area contributed by atoms with E-state index in [1.807, 2.05) is 18.2 Å². The van der Waals surface area contributed by atoms with Crippen molar-refractivity contribution in [3.8, 4) is 18.2 Å². The van der Waals surface area contributed by atoms with Gasteiger partial charge in [0.05, 0.1) is 50.9 Å². The van der Waals surface area contributed by atoms with E-state index in [1.165, 1.54) is 36.4 Å². The Morgan fingerprint density at radius 1 is 0.927 bits per heavy atom. The van der Waals surface area contributed by atoms with Crippen LogP contribution < -0.4 is 0 Å². The molecule has 1 fully saturated rings. The number of benzene rings is 3. The van der Waals surface area contributed by atoms with Crippen LogP contribution in [0, 0.1) is 34.0 Å². The van der Waals surface area contributed by atoms with E-state index in [2.05, 4.69) is 0 Å². The van der Waals surface area contributed by atoms with Gasteiger partial charge in [-0.25, -0.2) is 12.4 Å². The Labute approximate surface area is 246 Å². The molecule has 0 atom stereocenters. The molecule has 0 unspecified atom stereocenters. The fraction of sp³-hybridized carbons (Fsp3) is 0.172. The van der Waals surface area contributed by atoms with Crippen LogP contribution in [0.25, 0.3) is 10.9 Å². The number of carbonyl (C=O) groups excluding carboxylic acids is 1. The van der Waals surface area contributed by atoms with Crippen LogP contribution in [0.2, 0.25) is 10.0 Å².